The van der Waals surface area contributed by atoms with Gasteiger partial charge in [0.25, 0.3) is 0 Å². The first kappa shape index (κ1) is 30.7. The highest BCUT2D eigenvalue weighted by molar-refractivity contribution is 5.96. The Bertz CT molecular complexity index is 747. The number of carboxylic acid groups (broad SMARTS) is 2. The molecule has 0 aromatic rings. The first-order valence-electron chi connectivity index (χ1n) is 10.9. The van der Waals surface area contributed by atoms with Crippen molar-refractivity contribution in [3.05, 3.63) is 0 Å². The standard InChI is InChI=1S/C20H36N6O8/c1-3-10(2)16(23)19(32)25-12(9-15(28)29)18(31)24-11(6-4-5-7-21)17(30)26-13(20(33)34)8-14(22)27/h10-13,16H,3-9,21,23H2,1-2H3,(H2,22,27)(H,24,31)(H,25,32)(H,26,30)(H,28,29)(H,33,34). The maximum absolute atomic E-state index is 12.8. The predicted octanol–water partition coefficient (Wildman–Crippen LogP) is -2.62. The fourth-order valence-electron chi connectivity index (χ4n) is 2.87. The van der Waals surface area contributed by atoms with Crippen LogP contribution >= 0.6 is 0 Å². The highest BCUT2D eigenvalue weighted by atomic mass is 16.4. The minimum absolute atomic E-state index is 0.0395. The third-order valence-corrected chi connectivity index (χ3v) is 5.17. The van der Waals surface area contributed by atoms with Gasteiger partial charge >= 0.3 is 11.9 Å². The zero-order valence-electron chi connectivity index (χ0n) is 19.4. The Morgan fingerprint density at radius 3 is 1.82 bits per heavy atom. The molecule has 0 aliphatic heterocycles. The predicted molar refractivity (Wildman–Crippen MR) is 120 cm³/mol. The maximum atomic E-state index is 12.8. The molecule has 0 aliphatic rings. The lowest BCUT2D eigenvalue weighted by molar-refractivity contribution is -0.144. The highest BCUT2D eigenvalue weighted by Gasteiger charge is 2.32. The van der Waals surface area contributed by atoms with Crippen molar-refractivity contribution in [2.24, 2.45) is 23.1 Å². The van der Waals surface area contributed by atoms with E-state index in [0.717, 1.165) is 0 Å². The van der Waals surface area contributed by atoms with Crippen LogP contribution < -0.4 is 33.2 Å². The second-order valence-electron chi connectivity index (χ2n) is 7.99. The molecule has 0 aromatic carbocycles. The number of carbonyl (C=O) groups is 6. The summed E-state index contributed by atoms with van der Waals surface area (Å²) in [6.07, 6.45) is 0.0261. The van der Waals surface area contributed by atoms with Gasteiger partial charge in [-0.3, -0.25) is 24.0 Å². The summed E-state index contributed by atoms with van der Waals surface area (Å²) in [6, 6.07) is -5.43. The van der Waals surface area contributed by atoms with Crippen molar-refractivity contribution in [2.75, 3.05) is 6.54 Å². The summed E-state index contributed by atoms with van der Waals surface area (Å²) in [4.78, 5) is 71.5. The molecule has 0 radical (unpaired) electrons. The van der Waals surface area contributed by atoms with E-state index in [1.165, 1.54) is 0 Å². The van der Waals surface area contributed by atoms with Crippen molar-refractivity contribution in [1.82, 2.24) is 16.0 Å². The van der Waals surface area contributed by atoms with E-state index in [4.69, 9.17) is 22.3 Å². The van der Waals surface area contributed by atoms with Crippen molar-refractivity contribution in [3.63, 3.8) is 0 Å². The molecule has 0 bridgehead atoms. The van der Waals surface area contributed by atoms with Crippen LogP contribution in [0.2, 0.25) is 0 Å². The molecule has 0 rings (SSSR count). The van der Waals surface area contributed by atoms with Crippen LogP contribution in [0, 0.1) is 5.92 Å². The summed E-state index contributed by atoms with van der Waals surface area (Å²) in [5.41, 5.74) is 16.3. The van der Waals surface area contributed by atoms with E-state index >= 15 is 0 Å². The third-order valence-electron chi connectivity index (χ3n) is 5.17. The fourth-order valence-corrected chi connectivity index (χ4v) is 2.87. The summed E-state index contributed by atoms with van der Waals surface area (Å²) in [5, 5.41) is 25.1. The van der Waals surface area contributed by atoms with Gasteiger partial charge in [0.15, 0.2) is 0 Å². The van der Waals surface area contributed by atoms with E-state index in [1.54, 1.807) is 6.92 Å². The van der Waals surface area contributed by atoms with Gasteiger partial charge in [0.05, 0.1) is 18.9 Å². The molecule has 0 fully saturated rings. The van der Waals surface area contributed by atoms with E-state index in [2.05, 4.69) is 16.0 Å². The van der Waals surface area contributed by atoms with Crippen LogP contribution in [0.15, 0.2) is 0 Å². The Morgan fingerprint density at radius 1 is 0.824 bits per heavy atom. The number of rotatable bonds is 17. The molecule has 0 spiro atoms. The number of nitrogens with one attached hydrogen (secondary N) is 3. The van der Waals surface area contributed by atoms with Crippen LogP contribution in [0.3, 0.4) is 0 Å². The molecule has 0 saturated carbocycles. The van der Waals surface area contributed by atoms with Crippen molar-refractivity contribution in [3.8, 4) is 0 Å². The second kappa shape index (κ2) is 15.6. The first-order chi connectivity index (χ1) is 15.8. The number of amides is 4. The Balaban J connectivity index is 5.59. The largest absolute Gasteiger partial charge is 0.481 e. The quantitative estimate of drug-likeness (QED) is 0.0988. The topological polar surface area (TPSA) is 257 Å². The van der Waals surface area contributed by atoms with Crippen molar-refractivity contribution in [2.45, 2.75) is 76.5 Å². The van der Waals surface area contributed by atoms with Crippen molar-refractivity contribution >= 4 is 35.6 Å². The van der Waals surface area contributed by atoms with E-state index in [0.29, 0.717) is 25.8 Å². The number of aliphatic carboxylic acids is 2. The SMILES string of the molecule is CCC(C)C(N)C(=O)NC(CC(=O)O)C(=O)NC(CCCCN)C(=O)NC(CC(N)=O)C(=O)O. The molecule has 5 unspecified atom stereocenters. The van der Waals surface area contributed by atoms with Gasteiger partial charge < -0.3 is 43.4 Å². The van der Waals surface area contributed by atoms with Crippen molar-refractivity contribution < 1.29 is 39.0 Å². The van der Waals surface area contributed by atoms with Crippen LogP contribution in [-0.2, 0) is 28.8 Å². The Kier molecular flexibility index (Phi) is 14.1. The van der Waals surface area contributed by atoms with Crippen LogP contribution in [0.25, 0.3) is 0 Å². The monoisotopic (exact) mass is 488 g/mol. The first-order valence-corrected chi connectivity index (χ1v) is 10.9. The summed E-state index contributed by atoms with van der Waals surface area (Å²) >= 11 is 0. The lowest BCUT2D eigenvalue weighted by Gasteiger charge is -2.25. The molecule has 0 aliphatic carbocycles. The lowest BCUT2D eigenvalue weighted by atomic mass is 9.99. The number of unbranched alkanes of at least 4 members (excludes halogenated alkanes) is 1. The molecule has 4 amide bonds. The number of hydrogen-bond acceptors (Lipinski definition) is 8. The Labute approximate surface area is 197 Å². The zero-order chi connectivity index (χ0) is 26.4. The number of primary amides is 1. The van der Waals surface area contributed by atoms with Gasteiger partial charge in [-0.15, -0.1) is 0 Å². The average molecular weight is 489 g/mol. The van der Waals surface area contributed by atoms with Crippen LogP contribution in [0.5, 0.6) is 0 Å². The van der Waals surface area contributed by atoms with Gasteiger partial charge in [0.1, 0.15) is 18.1 Å². The molecule has 0 heterocycles. The highest BCUT2D eigenvalue weighted by Crippen LogP contribution is 2.08. The van der Waals surface area contributed by atoms with Gasteiger partial charge in [-0.05, 0) is 31.7 Å². The molecule has 11 N–H and O–H groups in total. The molecule has 5 atom stereocenters. The van der Waals surface area contributed by atoms with Crippen LogP contribution in [-0.4, -0.2) is 76.5 Å². The Hall–Kier alpha value is -3.26. The zero-order valence-corrected chi connectivity index (χ0v) is 19.4. The fraction of sp³-hybridized carbons (Fsp3) is 0.700. The number of nitrogens with two attached hydrogens (primary N) is 3. The maximum Gasteiger partial charge on any atom is 0.326 e. The number of carboxylic acids is 2. The summed E-state index contributed by atoms with van der Waals surface area (Å²) in [7, 11) is 0. The van der Waals surface area contributed by atoms with Gasteiger partial charge in [0, 0.05) is 0 Å². The molecular weight excluding hydrogens is 452 g/mol. The molecule has 14 heteroatoms. The molecule has 0 saturated heterocycles. The van der Waals surface area contributed by atoms with Gasteiger partial charge in [0.2, 0.25) is 23.6 Å². The number of hydrogen-bond donors (Lipinski definition) is 8. The van der Waals surface area contributed by atoms with E-state index in [-0.39, 0.29) is 12.3 Å². The summed E-state index contributed by atoms with van der Waals surface area (Å²) in [5.74, 6) is -6.70. The lowest BCUT2D eigenvalue weighted by Crippen LogP contribution is -2.58. The molecule has 0 aromatic heterocycles. The Morgan fingerprint density at radius 2 is 1.35 bits per heavy atom. The van der Waals surface area contributed by atoms with Crippen molar-refractivity contribution in [1.29, 1.82) is 0 Å². The van der Waals surface area contributed by atoms with E-state index in [1.807, 2.05) is 6.92 Å². The van der Waals surface area contributed by atoms with E-state index in [9.17, 15) is 33.9 Å². The minimum atomic E-state index is -1.62. The van der Waals surface area contributed by atoms with Gasteiger partial charge in [-0.2, -0.15) is 0 Å². The smallest absolute Gasteiger partial charge is 0.326 e. The normalized spacial score (nSPS) is 15.2. The molecule has 14 nitrogen and oxygen atoms in total. The molecular formula is C20H36N6O8. The third kappa shape index (κ3) is 11.6. The van der Waals surface area contributed by atoms with E-state index < -0.39 is 72.6 Å². The molecule has 194 valence electrons. The average Bonchev–Trinajstić information content (AvgIpc) is 2.75. The van der Waals surface area contributed by atoms with Gasteiger partial charge in [-0.1, -0.05) is 20.3 Å². The summed E-state index contributed by atoms with van der Waals surface area (Å²) < 4.78 is 0. The number of carbonyl (C=O) groups excluding carboxylic acids is 4. The molecule has 34 heavy (non-hydrogen) atoms. The summed E-state index contributed by atoms with van der Waals surface area (Å²) in [6.45, 7) is 3.83. The van der Waals surface area contributed by atoms with Crippen LogP contribution in [0.1, 0.15) is 52.4 Å². The van der Waals surface area contributed by atoms with Gasteiger partial charge in [-0.25, -0.2) is 4.79 Å². The second-order valence-corrected chi connectivity index (χ2v) is 7.99. The minimum Gasteiger partial charge on any atom is -0.481 e. The van der Waals surface area contributed by atoms with Crippen LogP contribution in [0.4, 0.5) is 0 Å².